The molecule has 0 fully saturated rings. The van der Waals surface area contributed by atoms with E-state index in [-0.39, 0.29) is 5.78 Å². The molecule has 1 heterocycles. The maximum Gasteiger partial charge on any atom is 0.211 e. The van der Waals surface area contributed by atoms with Crippen molar-refractivity contribution in [3.63, 3.8) is 0 Å². The number of ether oxygens (including phenoxy) is 1. The van der Waals surface area contributed by atoms with E-state index in [1.165, 1.54) is 6.20 Å². The molecule has 1 aromatic heterocycles. The SMILES string of the molecule is Cn1cncc1C(=O)c1ccc(C#N)c(Oc2ccc3ccccc3c2)c1. The van der Waals surface area contributed by atoms with E-state index in [0.717, 1.165) is 10.8 Å². The quantitative estimate of drug-likeness (QED) is 0.508. The molecule has 4 rings (SSSR count). The molecule has 0 amide bonds. The van der Waals surface area contributed by atoms with Crippen LogP contribution in [-0.2, 0) is 7.05 Å². The molecule has 0 aliphatic heterocycles. The fourth-order valence-electron chi connectivity index (χ4n) is 2.92. The highest BCUT2D eigenvalue weighted by atomic mass is 16.5. The second-order valence-electron chi connectivity index (χ2n) is 6.15. The summed E-state index contributed by atoms with van der Waals surface area (Å²) in [6.45, 7) is 0. The zero-order valence-electron chi connectivity index (χ0n) is 14.6. The number of imidazole rings is 1. The molecule has 130 valence electrons. The lowest BCUT2D eigenvalue weighted by Gasteiger charge is -2.10. The van der Waals surface area contributed by atoms with E-state index in [4.69, 9.17) is 4.74 Å². The molecule has 0 atom stereocenters. The molecular formula is C22H15N3O2. The number of rotatable bonds is 4. The number of hydrogen-bond donors (Lipinski definition) is 0. The van der Waals surface area contributed by atoms with Gasteiger partial charge in [0.05, 0.1) is 18.1 Å². The number of fused-ring (bicyclic) bond motifs is 1. The second-order valence-corrected chi connectivity index (χ2v) is 6.15. The fraction of sp³-hybridized carbons (Fsp3) is 0.0455. The molecule has 0 saturated carbocycles. The lowest BCUT2D eigenvalue weighted by molar-refractivity contribution is 0.103. The summed E-state index contributed by atoms with van der Waals surface area (Å²) in [5.41, 5.74) is 1.27. The Morgan fingerprint density at radius 2 is 1.89 bits per heavy atom. The average molecular weight is 353 g/mol. The molecule has 0 radical (unpaired) electrons. The molecule has 5 heteroatoms. The standard InChI is InChI=1S/C22H15N3O2/c1-25-14-24-13-20(25)22(26)17-6-7-18(12-23)21(11-17)27-19-9-8-15-4-2-3-5-16(15)10-19/h2-11,13-14H,1H3. The number of benzene rings is 3. The van der Waals surface area contributed by atoms with Gasteiger partial charge in [0.25, 0.3) is 0 Å². The molecule has 0 N–H and O–H groups in total. The van der Waals surface area contributed by atoms with E-state index in [2.05, 4.69) is 11.1 Å². The Morgan fingerprint density at radius 3 is 2.63 bits per heavy atom. The second kappa shape index (κ2) is 6.77. The Bertz CT molecular complexity index is 1200. The van der Waals surface area contributed by atoms with Gasteiger partial charge in [0.15, 0.2) is 0 Å². The molecule has 0 aliphatic rings. The lowest BCUT2D eigenvalue weighted by atomic mass is 10.1. The van der Waals surface area contributed by atoms with Gasteiger partial charge in [0.2, 0.25) is 5.78 Å². The van der Waals surface area contributed by atoms with E-state index < -0.39 is 0 Å². The third-order valence-electron chi connectivity index (χ3n) is 4.36. The molecular weight excluding hydrogens is 338 g/mol. The first-order valence-corrected chi connectivity index (χ1v) is 8.37. The van der Waals surface area contributed by atoms with Crippen molar-refractivity contribution in [2.45, 2.75) is 0 Å². The molecule has 0 unspecified atom stereocenters. The van der Waals surface area contributed by atoms with Gasteiger partial charge in [0.1, 0.15) is 23.3 Å². The van der Waals surface area contributed by atoms with Gasteiger partial charge in [-0.15, -0.1) is 0 Å². The first-order valence-electron chi connectivity index (χ1n) is 8.37. The van der Waals surface area contributed by atoms with Gasteiger partial charge >= 0.3 is 0 Å². The molecule has 0 aliphatic carbocycles. The number of carbonyl (C=O) groups is 1. The first-order chi connectivity index (χ1) is 13.2. The summed E-state index contributed by atoms with van der Waals surface area (Å²) in [7, 11) is 1.76. The summed E-state index contributed by atoms with van der Waals surface area (Å²) >= 11 is 0. The van der Waals surface area contributed by atoms with Gasteiger partial charge in [-0.05, 0) is 41.1 Å². The predicted molar refractivity (Wildman–Crippen MR) is 102 cm³/mol. The monoisotopic (exact) mass is 353 g/mol. The van der Waals surface area contributed by atoms with Gasteiger partial charge in [0, 0.05) is 12.6 Å². The molecule has 0 bridgehead atoms. The van der Waals surface area contributed by atoms with E-state index >= 15 is 0 Å². The molecule has 0 saturated heterocycles. The molecule has 27 heavy (non-hydrogen) atoms. The Balaban J connectivity index is 1.71. The summed E-state index contributed by atoms with van der Waals surface area (Å²) in [5.74, 6) is 0.777. The van der Waals surface area contributed by atoms with Crippen molar-refractivity contribution in [2.24, 2.45) is 7.05 Å². The van der Waals surface area contributed by atoms with Crippen molar-refractivity contribution in [1.82, 2.24) is 9.55 Å². The number of carbonyl (C=O) groups excluding carboxylic acids is 1. The number of aromatic nitrogens is 2. The van der Waals surface area contributed by atoms with Crippen LogP contribution in [0.15, 0.2) is 73.2 Å². The Morgan fingerprint density at radius 1 is 1.07 bits per heavy atom. The molecule has 3 aromatic carbocycles. The van der Waals surface area contributed by atoms with Crippen LogP contribution in [0, 0.1) is 11.3 Å². The first kappa shape index (κ1) is 16.6. The molecule has 4 aromatic rings. The highest BCUT2D eigenvalue weighted by molar-refractivity contribution is 6.08. The summed E-state index contributed by atoms with van der Waals surface area (Å²) < 4.78 is 7.61. The minimum atomic E-state index is -0.178. The third kappa shape index (κ3) is 3.16. The van der Waals surface area contributed by atoms with Gasteiger partial charge in [-0.2, -0.15) is 5.26 Å². The third-order valence-corrected chi connectivity index (χ3v) is 4.36. The Hall–Kier alpha value is -3.91. The van der Waals surface area contributed by atoms with Crippen LogP contribution in [0.1, 0.15) is 21.6 Å². The minimum absolute atomic E-state index is 0.178. The fourth-order valence-corrected chi connectivity index (χ4v) is 2.92. The minimum Gasteiger partial charge on any atom is -0.456 e. The number of nitrogens with zero attached hydrogens (tertiary/aromatic N) is 3. The van der Waals surface area contributed by atoms with Crippen LogP contribution < -0.4 is 4.74 Å². The van der Waals surface area contributed by atoms with Gasteiger partial charge in [-0.1, -0.05) is 30.3 Å². The van der Waals surface area contributed by atoms with Crippen LogP contribution in [0.2, 0.25) is 0 Å². The van der Waals surface area contributed by atoms with E-state index in [1.54, 1.807) is 36.1 Å². The smallest absolute Gasteiger partial charge is 0.211 e. The highest BCUT2D eigenvalue weighted by Gasteiger charge is 2.16. The topological polar surface area (TPSA) is 67.9 Å². The van der Waals surface area contributed by atoms with Crippen LogP contribution in [0.5, 0.6) is 11.5 Å². The van der Waals surface area contributed by atoms with Crippen LogP contribution in [0.3, 0.4) is 0 Å². The number of hydrogen-bond acceptors (Lipinski definition) is 4. The zero-order valence-corrected chi connectivity index (χ0v) is 14.6. The van der Waals surface area contributed by atoms with Gasteiger partial charge in [-0.3, -0.25) is 4.79 Å². The van der Waals surface area contributed by atoms with E-state index in [0.29, 0.717) is 28.3 Å². The van der Waals surface area contributed by atoms with Crippen LogP contribution in [0.25, 0.3) is 10.8 Å². The highest BCUT2D eigenvalue weighted by Crippen LogP contribution is 2.29. The zero-order chi connectivity index (χ0) is 18.8. The van der Waals surface area contributed by atoms with Gasteiger partial charge in [-0.25, -0.2) is 4.98 Å². The molecule has 5 nitrogen and oxygen atoms in total. The average Bonchev–Trinajstić information content (AvgIpc) is 3.13. The summed E-state index contributed by atoms with van der Waals surface area (Å²) in [4.78, 5) is 16.7. The normalized spacial score (nSPS) is 10.5. The Labute approximate surface area is 156 Å². The van der Waals surface area contributed by atoms with Crippen molar-refractivity contribution in [3.8, 4) is 17.6 Å². The predicted octanol–water partition coefficient (Wildman–Crippen LogP) is 4.47. The van der Waals surface area contributed by atoms with E-state index in [1.807, 2.05) is 42.5 Å². The van der Waals surface area contributed by atoms with Gasteiger partial charge < -0.3 is 9.30 Å². The van der Waals surface area contributed by atoms with Crippen molar-refractivity contribution < 1.29 is 9.53 Å². The summed E-state index contributed by atoms with van der Waals surface area (Å²) in [6.07, 6.45) is 3.09. The maximum absolute atomic E-state index is 12.7. The summed E-state index contributed by atoms with van der Waals surface area (Å²) in [6, 6.07) is 20.6. The Kier molecular flexibility index (Phi) is 4.15. The maximum atomic E-state index is 12.7. The lowest BCUT2D eigenvalue weighted by Crippen LogP contribution is -2.07. The largest absolute Gasteiger partial charge is 0.456 e. The van der Waals surface area contributed by atoms with Crippen molar-refractivity contribution in [1.29, 1.82) is 5.26 Å². The van der Waals surface area contributed by atoms with Crippen molar-refractivity contribution in [2.75, 3.05) is 0 Å². The van der Waals surface area contributed by atoms with Crippen LogP contribution in [-0.4, -0.2) is 15.3 Å². The van der Waals surface area contributed by atoms with E-state index in [9.17, 15) is 10.1 Å². The van der Waals surface area contributed by atoms with Crippen LogP contribution >= 0.6 is 0 Å². The molecule has 0 spiro atoms. The summed E-state index contributed by atoms with van der Waals surface area (Å²) in [5, 5.41) is 11.5. The van der Waals surface area contributed by atoms with Crippen molar-refractivity contribution in [3.05, 3.63) is 90.0 Å². The number of aryl methyl sites for hydroxylation is 1. The van der Waals surface area contributed by atoms with Crippen molar-refractivity contribution >= 4 is 16.6 Å². The number of nitriles is 1. The van der Waals surface area contributed by atoms with Crippen LogP contribution in [0.4, 0.5) is 0 Å². The number of ketones is 1.